The number of rotatable bonds is 6. The summed E-state index contributed by atoms with van der Waals surface area (Å²) in [6.45, 7) is 2.72. The minimum Gasteiger partial charge on any atom is -0.384 e. The number of ether oxygens (including phenoxy) is 1. The molecule has 0 aliphatic carbocycles. The molecule has 0 bridgehead atoms. The van der Waals surface area contributed by atoms with Gasteiger partial charge in [0.1, 0.15) is 4.90 Å². The van der Waals surface area contributed by atoms with Crippen molar-refractivity contribution in [3.63, 3.8) is 0 Å². The van der Waals surface area contributed by atoms with E-state index in [0.29, 0.717) is 13.2 Å². The van der Waals surface area contributed by atoms with Gasteiger partial charge >= 0.3 is 0 Å². The zero-order valence-corrected chi connectivity index (χ0v) is 14.0. The molecule has 122 valence electrons. The Kier molecular flexibility index (Phi) is 6.61. The fourth-order valence-corrected chi connectivity index (χ4v) is 3.64. The summed E-state index contributed by atoms with van der Waals surface area (Å²) in [5.41, 5.74) is -0.130. The summed E-state index contributed by atoms with van der Waals surface area (Å²) in [4.78, 5) is 0.196. The van der Waals surface area contributed by atoms with E-state index in [1.165, 1.54) is 17.1 Å². The molecule has 9 heteroatoms. The van der Waals surface area contributed by atoms with Crippen molar-refractivity contribution in [1.82, 2.24) is 19.8 Å². The molecule has 7 nitrogen and oxygen atoms in total. The maximum absolute atomic E-state index is 12.2. The quantitative estimate of drug-likeness (QED) is 0.770. The second kappa shape index (κ2) is 7.55. The first-order valence-corrected chi connectivity index (χ1v) is 8.14. The van der Waals surface area contributed by atoms with E-state index in [2.05, 4.69) is 15.1 Å². The van der Waals surface area contributed by atoms with Crippen molar-refractivity contribution < 1.29 is 13.2 Å². The number of halogens is 1. The van der Waals surface area contributed by atoms with Gasteiger partial charge in [-0.25, -0.2) is 13.1 Å². The predicted octanol–water partition coefficient (Wildman–Crippen LogP) is 0.136. The van der Waals surface area contributed by atoms with Crippen molar-refractivity contribution in [3.05, 3.63) is 12.4 Å². The lowest BCUT2D eigenvalue weighted by Gasteiger charge is -2.37. The first-order chi connectivity index (χ1) is 9.47. The molecule has 1 aliphatic rings. The van der Waals surface area contributed by atoms with Crippen LogP contribution in [-0.2, 0) is 21.8 Å². The summed E-state index contributed by atoms with van der Waals surface area (Å²) in [6, 6.07) is 0. The van der Waals surface area contributed by atoms with Crippen molar-refractivity contribution in [2.24, 2.45) is 12.5 Å². The number of nitrogens with zero attached hydrogens (tertiary/aromatic N) is 2. The molecule has 21 heavy (non-hydrogen) atoms. The molecule has 1 aromatic heterocycles. The van der Waals surface area contributed by atoms with Gasteiger partial charge in [0.05, 0.1) is 12.8 Å². The van der Waals surface area contributed by atoms with E-state index in [1.807, 2.05) is 0 Å². The average molecular weight is 339 g/mol. The molecule has 0 spiro atoms. The van der Waals surface area contributed by atoms with Gasteiger partial charge in [-0.1, -0.05) is 0 Å². The molecule has 0 amide bonds. The average Bonchev–Trinajstić information content (AvgIpc) is 2.86. The molecule has 0 radical (unpaired) electrons. The van der Waals surface area contributed by atoms with Crippen LogP contribution in [0.1, 0.15) is 12.8 Å². The highest BCUT2D eigenvalue weighted by atomic mass is 35.5. The van der Waals surface area contributed by atoms with Gasteiger partial charge in [0.15, 0.2) is 0 Å². The zero-order chi connectivity index (χ0) is 14.6. The molecular weight excluding hydrogens is 316 g/mol. The van der Waals surface area contributed by atoms with Gasteiger partial charge in [-0.2, -0.15) is 5.10 Å². The number of hydrogen-bond donors (Lipinski definition) is 2. The van der Waals surface area contributed by atoms with Crippen LogP contribution in [0.25, 0.3) is 0 Å². The summed E-state index contributed by atoms with van der Waals surface area (Å²) in [7, 11) is -0.160. The molecule has 1 aromatic rings. The van der Waals surface area contributed by atoms with Gasteiger partial charge in [0.25, 0.3) is 0 Å². The Labute approximate surface area is 131 Å². The third kappa shape index (κ3) is 4.65. The molecular formula is C12H23ClN4O3S. The van der Waals surface area contributed by atoms with Crippen LogP contribution in [-0.4, -0.2) is 51.5 Å². The number of aromatic nitrogens is 2. The maximum Gasteiger partial charge on any atom is 0.243 e. The van der Waals surface area contributed by atoms with Gasteiger partial charge in [-0.05, 0) is 25.9 Å². The lowest BCUT2D eigenvalue weighted by Crippen LogP contribution is -2.47. The number of hydrogen-bond acceptors (Lipinski definition) is 5. The van der Waals surface area contributed by atoms with Crippen molar-refractivity contribution in [1.29, 1.82) is 0 Å². The second-order valence-electron chi connectivity index (χ2n) is 5.36. The minimum absolute atomic E-state index is 0. The standard InChI is InChI=1S/C12H22N4O3S.ClH/c1-16-8-11(7-14-16)20(17,18)15-9-12(10-19-2)3-5-13-6-4-12;/h7-8,13,15H,3-6,9-10H2,1-2H3;1H. The summed E-state index contributed by atoms with van der Waals surface area (Å²) in [5.74, 6) is 0. The van der Waals surface area contributed by atoms with Crippen LogP contribution in [0.3, 0.4) is 0 Å². The summed E-state index contributed by atoms with van der Waals surface area (Å²) >= 11 is 0. The van der Waals surface area contributed by atoms with Crippen LogP contribution in [0, 0.1) is 5.41 Å². The third-order valence-corrected chi connectivity index (χ3v) is 5.10. The van der Waals surface area contributed by atoms with Crippen LogP contribution >= 0.6 is 12.4 Å². The Hall–Kier alpha value is -0.670. The van der Waals surface area contributed by atoms with Crippen molar-refractivity contribution in [2.75, 3.05) is 33.4 Å². The SMILES string of the molecule is COCC1(CNS(=O)(=O)c2cnn(C)c2)CCNCC1.Cl. The molecule has 1 fully saturated rings. The first-order valence-electron chi connectivity index (χ1n) is 6.65. The Morgan fingerprint density at radius 1 is 1.48 bits per heavy atom. The predicted molar refractivity (Wildman–Crippen MR) is 82.1 cm³/mol. The summed E-state index contributed by atoms with van der Waals surface area (Å²) in [5, 5.41) is 7.18. The van der Waals surface area contributed by atoms with E-state index in [9.17, 15) is 8.42 Å². The largest absolute Gasteiger partial charge is 0.384 e. The van der Waals surface area contributed by atoms with Crippen molar-refractivity contribution in [3.8, 4) is 0 Å². The van der Waals surface area contributed by atoms with Crippen LogP contribution in [0.15, 0.2) is 17.3 Å². The van der Waals surface area contributed by atoms with Gasteiger partial charge in [0, 0.05) is 32.3 Å². The van der Waals surface area contributed by atoms with Gasteiger partial charge in [-0.15, -0.1) is 12.4 Å². The molecule has 2 heterocycles. The van der Waals surface area contributed by atoms with Gasteiger partial charge in [-0.3, -0.25) is 4.68 Å². The van der Waals surface area contributed by atoms with E-state index >= 15 is 0 Å². The Morgan fingerprint density at radius 2 is 2.14 bits per heavy atom. The van der Waals surface area contributed by atoms with Gasteiger partial charge in [0.2, 0.25) is 10.0 Å². The third-order valence-electron chi connectivity index (χ3n) is 3.74. The van der Waals surface area contributed by atoms with Crippen LogP contribution in [0.4, 0.5) is 0 Å². The molecule has 0 aromatic carbocycles. The molecule has 0 saturated carbocycles. The fourth-order valence-electron chi connectivity index (χ4n) is 2.50. The number of methoxy groups -OCH3 is 1. The summed E-state index contributed by atoms with van der Waals surface area (Å²) in [6.07, 6.45) is 4.65. The first kappa shape index (κ1) is 18.4. The molecule has 0 atom stereocenters. The van der Waals surface area contributed by atoms with Crippen LogP contribution < -0.4 is 10.0 Å². The normalized spacial score (nSPS) is 18.2. The van der Waals surface area contributed by atoms with Crippen molar-refractivity contribution >= 4 is 22.4 Å². The minimum atomic E-state index is -3.50. The molecule has 2 N–H and O–H groups in total. The lowest BCUT2D eigenvalue weighted by molar-refractivity contribution is 0.0577. The van der Waals surface area contributed by atoms with E-state index < -0.39 is 10.0 Å². The van der Waals surface area contributed by atoms with Crippen molar-refractivity contribution in [2.45, 2.75) is 17.7 Å². The monoisotopic (exact) mass is 338 g/mol. The smallest absolute Gasteiger partial charge is 0.243 e. The molecule has 1 saturated heterocycles. The highest BCUT2D eigenvalue weighted by Crippen LogP contribution is 2.28. The summed E-state index contributed by atoms with van der Waals surface area (Å²) < 4.78 is 33.9. The van der Waals surface area contributed by atoms with E-state index in [4.69, 9.17) is 4.74 Å². The zero-order valence-electron chi connectivity index (χ0n) is 12.3. The Balaban J connectivity index is 0.00000220. The van der Waals surface area contributed by atoms with Gasteiger partial charge < -0.3 is 10.1 Å². The highest BCUT2D eigenvalue weighted by molar-refractivity contribution is 7.89. The van der Waals surface area contributed by atoms with Crippen LogP contribution in [0.2, 0.25) is 0 Å². The number of aryl methyl sites for hydroxylation is 1. The lowest BCUT2D eigenvalue weighted by atomic mass is 9.80. The number of sulfonamides is 1. The van der Waals surface area contributed by atoms with E-state index in [0.717, 1.165) is 25.9 Å². The van der Waals surface area contributed by atoms with E-state index in [-0.39, 0.29) is 22.7 Å². The maximum atomic E-state index is 12.2. The topological polar surface area (TPSA) is 85.2 Å². The Bertz CT molecular complexity index is 535. The second-order valence-corrected chi connectivity index (χ2v) is 7.12. The number of piperidine rings is 1. The fraction of sp³-hybridized carbons (Fsp3) is 0.750. The van der Waals surface area contributed by atoms with Crippen LogP contribution in [0.5, 0.6) is 0 Å². The molecule has 2 rings (SSSR count). The Morgan fingerprint density at radius 3 is 2.67 bits per heavy atom. The molecule has 1 aliphatic heterocycles. The number of nitrogens with one attached hydrogen (secondary N) is 2. The highest BCUT2D eigenvalue weighted by Gasteiger charge is 2.33. The molecule has 0 unspecified atom stereocenters. The van der Waals surface area contributed by atoms with E-state index in [1.54, 1.807) is 14.2 Å².